The van der Waals surface area contributed by atoms with Crippen molar-refractivity contribution in [1.82, 2.24) is 10.2 Å². The molecule has 0 radical (unpaired) electrons. The molecule has 1 saturated heterocycles. The zero-order valence-electron chi connectivity index (χ0n) is 14.9. The van der Waals surface area contributed by atoms with Gasteiger partial charge in [0.05, 0.1) is 29.2 Å². The number of sulfone groups is 1. The Morgan fingerprint density at radius 2 is 1.61 bits per heavy atom. The van der Waals surface area contributed by atoms with E-state index in [1.165, 1.54) is 4.90 Å². The Balaban J connectivity index is 1.42. The van der Waals surface area contributed by atoms with Gasteiger partial charge in [0.1, 0.15) is 0 Å². The normalized spacial score (nSPS) is 20.3. The van der Waals surface area contributed by atoms with Crippen LogP contribution in [0.2, 0.25) is 0 Å². The van der Waals surface area contributed by atoms with Gasteiger partial charge in [-0.05, 0) is 36.2 Å². The van der Waals surface area contributed by atoms with Gasteiger partial charge in [-0.15, -0.1) is 0 Å². The molecular weight excluding hydrogens is 380 g/mol. The molecule has 144 valence electrons. The van der Waals surface area contributed by atoms with Gasteiger partial charge in [0.15, 0.2) is 9.84 Å². The van der Waals surface area contributed by atoms with Gasteiger partial charge < -0.3 is 5.32 Å². The Labute approximate surface area is 162 Å². The minimum atomic E-state index is -3.06. The van der Waals surface area contributed by atoms with Crippen LogP contribution in [0.15, 0.2) is 48.5 Å². The van der Waals surface area contributed by atoms with E-state index >= 15 is 0 Å². The maximum Gasteiger partial charge on any atom is 0.261 e. The summed E-state index contributed by atoms with van der Waals surface area (Å²) >= 11 is 0. The highest BCUT2D eigenvalue weighted by atomic mass is 32.2. The number of rotatable bonds is 4. The van der Waals surface area contributed by atoms with Gasteiger partial charge in [0.25, 0.3) is 17.7 Å². The lowest BCUT2D eigenvalue weighted by molar-refractivity contribution is 0.0641. The summed E-state index contributed by atoms with van der Waals surface area (Å²) < 4.78 is 23.0. The number of amides is 3. The van der Waals surface area contributed by atoms with Gasteiger partial charge in [0.2, 0.25) is 0 Å². The summed E-state index contributed by atoms with van der Waals surface area (Å²) in [5, 5.41) is 2.73. The number of nitrogens with one attached hydrogen (secondary N) is 1. The van der Waals surface area contributed by atoms with Crippen molar-refractivity contribution in [2.24, 2.45) is 0 Å². The number of carbonyl (C=O) groups excluding carboxylic acids is 3. The predicted octanol–water partition coefficient (Wildman–Crippen LogP) is 1.40. The first-order valence-corrected chi connectivity index (χ1v) is 10.7. The molecule has 0 saturated carbocycles. The van der Waals surface area contributed by atoms with E-state index in [9.17, 15) is 22.8 Å². The second kappa shape index (κ2) is 6.87. The molecule has 1 atom stereocenters. The molecule has 2 heterocycles. The maximum atomic E-state index is 12.4. The first kappa shape index (κ1) is 18.4. The average molecular weight is 398 g/mol. The highest BCUT2D eigenvalue weighted by Crippen LogP contribution is 2.24. The molecule has 2 aromatic rings. The van der Waals surface area contributed by atoms with Crippen LogP contribution in [0.5, 0.6) is 0 Å². The van der Waals surface area contributed by atoms with Crippen LogP contribution in [0.3, 0.4) is 0 Å². The van der Waals surface area contributed by atoms with Crippen LogP contribution in [0.25, 0.3) is 0 Å². The number of fused-ring (bicyclic) bond motifs is 1. The van der Waals surface area contributed by atoms with E-state index in [2.05, 4.69) is 5.32 Å². The second-order valence-corrected chi connectivity index (χ2v) is 9.24. The third-order valence-corrected chi connectivity index (χ3v) is 6.77. The number of hydrogen-bond acceptors (Lipinski definition) is 5. The number of carbonyl (C=O) groups is 3. The molecule has 0 aromatic heterocycles. The summed E-state index contributed by atoms with van der Waals surface area (Å²) in [7, 11) is -3.06. The van der Waals surface area contributed by atoms with E-state index in [0.29, 0.717) is 23.1 Å². The van der Waals surface area contributed by atoms with Gasteiger partial charge in [0, 0.05) is 11.6 Å². The maximum absolute atomic E-state index is 12.4. The lowest BCUT2D eigenvalue weighted by Gasteiger charge is -2.14. The smallest absolute Gasteiger partial charge is 0.261 e. The minimum absolute atomic E-state index is 0.0312. The zero-order valence-corrected chi connectivity index (χ0v) is 15.7. The highest BCUT2D eigenvalue weighted by molar-refractivity contribution is 7.91. The van der Waals surface area contributed by atoms with Crippen LogP contribution in [0.1, 0.15) is 43.1 Å². The molecule has 2 aromatic carbocycles. The van der Waals surface area contributed by atoms with Gasteiger partial charge in [-0.2, -0.15) is 0 Å². The van der Waals surface area contributed by atoms with Crippen LogP contribution >= 0.6 is 0 Å². The summed E-state index contributed by atoms with van der Waals surface area (Å²) in [5.74, 6) is -0.933. The Morgan fingerprint density at radius 3 is 2.14 bits per heavy atom. The zero-order chi connectivity index (χ0) is 19.9. The van der Waals surface area contributed by atoms with Crippen molar-refractivity contribution >= 4 is 27.6 Å². The molecule has 28 heavy (non-hydrogen) atoms. The van der Waals surface area contributed by atoms with E-state index in [1.807, 2.05) is 0 Å². The first-order chi connectivity index (χ1) is 13.3. The topological polar surface area (TPSA) is 101 Å². The van der Waals surface area contributed by atoms with Gasteiger partial charge in [-0.1, -0.05) is 24.3 Å². The van der Waals surface area contributed by atoms with Crippen molar-refractivity contribution in [2.75, 3.05) is 11.5 Å². The molecule has 1 N–H and O–H groups in total. The van der Waals surface area contributed by atoms with Gasteiger partial charge in [-0.25, -0.2) is 8.42 Å². The number of hydrogen-bond donors (Lipinski definition) is 1. The Hall–Kier alpha value is -3.00. The summed E-state index contributed by atoms with van der Waals surface area (Å²) in [6.45, 7) is 0.120. The lowest BCUT2D eigenvalue weighted by atomic mass is 10.1. The third kappa shape index (κ3) is 3.43. The van der Waals surface area contributed by atoms with Crippen LogP contribution in [-0.4, -0.2) is 48.6 Å². The molecule has 4 rings (SSSR count). The number of nitrogens with zero attached hydrogens (tertiary/aromatic N) is 1. The molecule has 1 fully saturated rings. The van der Waals surface area contributed by atoms with Crippen molar-refractivity contribution in [2.45, 2.75) is 19.0 Å². The van der Waals surface area contributed by atoms with Crippen LogP contribution < -0.4 is 5.32 Å². The van der Waals surface area contributed by atoms with Gasteiger partial charge >= 0.3 is 0 Å². The van der Waals surface area contributed by atoms with Crippen molar-refractivity contribution in [3.63, 3.8) is 0 Å². The summed E-state index contributed by atoms with van der Waals surface area (Å²) in [6, 6.07) is 12.9. The Bertz CT molecular complexity index is 1040. The van der Waals surface area contributed by atoms with E-state index < -0.39 is 9.84 Å². The molecular formula is C20H18N2O5S. The largest absolute Gasteiger partial charge is 0.348 e. The monoisotopic (exact) mass is 398 g/mol. The fourth-order valence-electron chi connectivity index (χ4n) is 3.50. The summed E-state index contributed by atoms with van der Waals surface area (Å²) in [4.78, 5) is 38.3. The van der Waals surface area contributed by atoms with Crippen molar-refractivity contribution < 1.29 is 22.8 Å². The predicted molar refractivity (Wildman–Crippen MR) is 102 cm³/mol. The molecule has 3 amide bonds. The van der Waals surface area contributed by atoms with Crippen molar-refractivity contribution in [3.05, 3.63) is 70.8 Å². The lowest BCUT2D eigenvalue weighted by Crippen LogP contribution is -2.35. The fraction of sp³-hybridized carbons (Fsp3) is 0.250. The van der Waals surface area contributed by atoms with Crippen molar-refractivity contribution in [1.29, 1.82) is 0 Å². The van der Waals surface area contributed by atoms with E-state index in [4.69, 9.17) is 0 Å². The van der Waals surface area contributed by atoms with Gasteiger partial charge in [-0.3, -0.25) is 19.3 Å². The van der Waals surface area contributed by atoms with E-state index in [0.717, 1.165) is 5.56 Å². The number of imide groups is 1. The first-order valence-electron chi connectivity index (χ1n) is 8.89. The molecule has 0 bridgehead atoms. The molecule has 0 spiro atoms. The molecule has 2 aliphatic rings. The fourth-order valence-corrected chi connectivity index (χ4v) is 5.18. The van der Waals surface area contributed by atoms with Crippen LogP contribution in [-0.2, 0) is 16.4 Å². The molecule has 0 unspecified atom stereocenters. The quantitative estimate of drug-likeness (QED) is 0.785. The van der Waals surface area contributed by atoms with Crippen LogP contribution in [0.4, 0.5) is 0 Å². The average Bonchev–Trinajstić information content (AvgIpc) is 3.14. The highest BCUT2D eigenvalue weighted by Gasteiger charge is 2.35. The standard InChI is InChI=1S/C20H18N2O5S/c23-18(21-15-9-10-28(26,27)12-15)14-7-5-13(6-8-14)11-22-19(24)16-3-1-2-4-17(16)20(22)25/h1-8,15H,9-12H2,(H,21,23)/t15-/m1/s1. The molecule has 7 nitrogen and oxygen atoms in total. The summed E-state index contributed by atoms with van der Waals surface area (Å²) in [5.41, 5.74) is 1.91. The minimum Gasteiger partial charge on any atom is -0.348 e. The molecule has 2 aliphatic heterocycles. The molecule has 8 heteroatoms. The van der Waals surface area contributed by atoms with E-state index in [-0.39, 0.29) is 41.8 Å². The van der Waals surface area contributed by atoms with Crippen LogP contribution in [0, 0.1) is 0 Å². The van der Waals surface area contributed by atoms with Crippen molar-refractivity contribution in [3.8, 4) is 0 Å². The Morgan fingerprint density at radius 1 is 1.00 bits per heavy atom. The molecule has 0 aliphatic carbocycles. The second-order valence-electron chi connectivity index (χ2n) is 7.01. The summed E-state index contributed by atoms with van der Waals surface area (Å²) in [6.07, 6.45) is 0.423. The Kier molecular flexibility index (Phi) is 4.50. The number of benzene rings is 2. The SMILES string of the molecule is O=C(N[C@@H]1CCS(=O)(=O)C1)c1ccc(CN2C(=O)c3ccccc3C2=O)cc1. The third-order valence-electron chi connectivity index (χ3n) is 5.00. The van der Waals surface area contributed by atoms with E-state index in [1.54, 1.807) is 48.5 Å².